The normalized spacial score (nSPS) is 9.87. The zero-order valence-electron chi connectivity index (χ0n) is 9.40. The number of anilines is 2. The van der Waals surface area contributed by atoms with Crippen molar-refractivity contribution in [2.24, 2.45) is 5.73 Å². The number of amides is 1. The largest absolute Gasteiger partial charge is 0.378 e. The fraction of sp³-hybridized carbons (Fsp3) is 0.364. The van der Waals surface area contributed by atoms with E-state index in [4.69, 9.17) is 5.73 Å². The molecule has 1 rings (SSSR count). The lowest BCUT2D eigenvalue weighted by atomic mass is 10.2. The maximum Gasteiger partial charge on any atom is 0.240 e. The zero-order valence-corrected chi connectivity index (χ0v) is 9.40. The van der Waals surface area contributed by atoms with Crippen molar-refractivity contribution in [2.75, 3.05) is 37.5 Å². The van der Waals surface area contributed by atoms with Gasteiger partial charge in [0, 0.05) is 32.5 Å². The summed E-state index contributed by atoms with van der Waals surface area (Å²) in [6.07, 6.45) is 0. The SMILES string of the molecule is CN(C)c1ccc(N(C)C(=O)CN)cc1. The molecule has 0 radical (unpaired) electrons. The van der Waals surface area contributed by atoms with Crippen LogP contribution in [0.5, 0.6) is 0 Å². The first-order valence-corrected chi connectivity index (χ1v) is 4.80. The molecule has 0 spiro atoms. The molecule has 0 saturated heterocycles. The van der Waals surface area contributed by atoms with Gasteiger partial charge in [-0.3, -0.25) is 4.79 Å². The van der Waals surface area contributed by atoms with Gasteiger partial charge in [-0.1, -0.05) is 0 Å². The third-order valence-electron chi connectivity index (χ3n) is 2.30. The van der Waals surface area contributed by atoms with Crippen LogP contribution in [0.4, 0.5) is 11.4 Å². The molecule has 0 aromatic heterocycles. The molecule has 1 aromatic carbocycles. The summed E-state index contributed by atoms with van der Waals surface area (Å²) in [5.41, 5.74) is 7.25. The van der Waals surface area contributed by atoms with Crippen LogP contribution in [0, 0.1) is 0 Å². The molecule has 0 saturated carbocycles. The molecule has 15 heavy (non-hydrogen) atoms. The Hall–Kier alpha value is -1.55. The summed E-state index contributed by atoms with van der Waals surface area (Å²) >= 11 is 0. The summed E-state index contributed by atoms with van der Waals surface area (Å²) in [6.45, 7) is 0.0337. The number of likely N-dealkylation sites (N-methyl/N-ethyl adjacent to an activating group) is 1. The third-order valence-corrected chi connectivity index (χ3v) is 2.30. The smallest absolute Gasteiger partial charge is 0.240 e. The van der Waals surface area contributed by atoms with E-state index in [1.54, 1.807) is 11.9 Å². The second kappa shape index (κ2) is 4.79. The Morgan fingerprint density at radius 2 is 1.60 bits per heavy atom. The molecule has 2 N–H and O–H groups in total. The molecule has 82 valence electrons. The predicted molar refractivity (Wildman–Crippen MR) is 63.2 cm³/mol. The van der Waals surface area contributed by atoms with Crippen LogP contribution < -0.4 is 15.5 Å². The van der Waals surface area contributed by atoms with E-state index < -0.39 is 0 Å². The van der Waals surface area contributed by atoms with E-state index >= 15 is 0 Å². The lowest BCUT2D eigenvalue weighted by Crippen LogP contribution is -2.32. The highest BCUT2D eigenvalue weighted by Crippen LogP contribution is 2.18. The Morgan fingerprint density at radius 1 is 1.13 bits per heavy atom. The average molecular weight is 207 g/mol. The molecule has 0 unspecified atom stereocenters. The van der Waals surface area contributed by atoms with Crippen LogP contribution in [0.1, 0.15) is 0 Å². The van der Waals surface area contributed by atoms with Gasteiger partial charge in [0.05, 0.1) is 6.54 Å². The minimum atomic E-state index is -0.0902. The summed E-state index contributed by atoms with van der Waals surface area (Å²) in [4.78, 5) is 14.9. The van der Waals surface area contributed by atoms with E-state index in [-0.39, 0.29) is 12.5 Å². The third kappa shape index (κ3) is 2.70. The van der Waals surface area contributed by atoms with Gasteiger partial charge in [-0.2, -0.15) is 0 Å². The van der Waals surface area contributed by atoms with Gasteiger partial charge in [-0.15, -0.1) is 0 Å². The fourth-order valence-corrected chi connectivity index (χ4v) is 1.26. The summed E-state index contributed by atoms with van der Waals surface area (Å²) in [5, 5.41) is 0. The standard InChI is InChI=1S/C11H17N3O/c1-13(2)9-4-6-10(7-5-9)14(3)11(15)8-12/h4-7H,8,12H2,1-3H3. The lowest BCUT2D eigenvalue weighted by Gasteiger charge is -2.18. The number of rotatable bonds is 3. The van der Waals surface area contributed by atoms with Crippen molar-refractivity contribution in [2.45, 2.75) is 0 Å². The van der Waals surface area contributed by atoms with Crippen molar-refractivity contribution in [3.8, 4) is 0 Å². The first kappa shape index (κ1) is 11.5. The Balaban J connectivity index is 2.84. The van der Waals surface area contributed by atoms with Crippen LogP contribution in [0.15, 0.2) is 24.3 Å². The summed E-state index contributed by atoms with van der Waals surface area (Å²) in [7, 11) is 5.67. The van der Waals surface area contributed by atoms with Crippen molar-refractivity contribution in [3.05, 3.63) is 24.3 Å². The lowest BCUT2D eigenvalue weighted by molar-refractivity contribution is -0.117. The number of nitrogens with zero attached hydrogens (tertiary/aromatic N) is 2. The van der Waals surface area contributed by atoms with Crippen molar-refractivity contribution >= 4 is 17.3 Å². The Morgan fingerprint density at radius 3 is 2.00 bits per heavy atom. The fourth-order valence-electron chi connectivity index (χ4n) is 1.26. The number of hydrogen-bond acceptors (Lipinski definition) is 3. The predicted octanol–water partition coefficient (Wildman–Crippen LogP) is 0.674. The number of carbonyl (C=O) groups is 1. The van der Waals surface area contributed by atoms with E-state index in [1.807, 2.05) is 43.3 Å². The highest BCUT2D eigenvalue weighted by molar-refractivity contribution is 5.94. The molecule has 1 amide bonds. The van der Waals surface area contributed by atoms with Gasteiger partial charge in [0.2, 0.25) is 5.91 Å². The highest BCUT2D eigenvalue weighted by atomic mass is 16.2. The molecule has 0 aliphatic heterocycles. The number of carbonyl (C=O) groups excluding carboxylic acids is 1. The Kier molecular flexibility index (Phi) is 3.68. The monoisotopic (exact) mass is 207 g/mol. The van der Waals surface area contributed by atoms with Gasteiger partial charge in [0.1, 0.15) is 0 Å². The zero-order chi connectivity index (χ0) is 11.4. The second-order valence-corrected chi connectivity index (χ2v) is 3.57. The van der Waals surface area contributed by atoms with Crippen LogP contribution in [-0.2, 0) is 4.79 Å². The summed E-state index contributed by atoms with van der Waals surface area (Å²) < 4.78 is 0. The van der Waals surface area contributed by atoms with Crippen molar-refractivity contribution in [1.29, 1.82) is 0 Å². The molecule has 0 bridgehead atoms. The van der Waals surface area contributed by atoms with Crippen LogP contribution in [0.25, 0.3) is 0 Å². The first-order chi connectivity index (χ1) is 7.06. The summed E-state index contributed by atoms with van der Waals surface area (Å²) in [6, 6.07) is 7.75. The van der Waals surface area contributed by atoms with Gasteiger partial charge in [0.15, 0.2) is 0 Å². The van der Waals surface area contributed by atoms with E-state index in [1.165, 1.54) is 0 Å². The number of benzene rings is 1. The van der Waals surface area contributed by atoms with Gasteiger partial charge in [-0.25, -0.2) is 0 Å². The minimum Gasteiger partial charge on any atom is -0.378 e. The topological polar surface area (TPSA) is 49.6 Å². The molecule has 0 aliphatic carbocycles. The van der Waals surface area contributed by atoms with Crippen LogP contribution in [0.3, 0.4) is 0 Å². The van der Waals surface area contributed by atoms with E-state index in [9.17, 15) is 4.79 Å². The second-order valence-electron chi connectivity index (χ2n) is 3.57. The van der Waals surface area contributed by atoms with E-state index in [0.29, 0.717) is 0 Å². The van der Waals surface area contributed by atoms with Crippen LogP contribution in [-0.4, -0.2) is 33.6 Å². The van der Waals surface area contributed by atoms with Gasteiger partial charge in [-0.05, 0) is 24.3 Å². The molecule has 0 fully saturated rings. The molecule has 0 atom stereocenters. The molecular formula is C11H17N3O. The number of hydrogen-bond donors (Lipinski definition) is 1. The van der Waals surface area contributed by atoms with E-state index in [0.717, 1.165) is 11.4 Å². The summed E-state index contributed by atoms with van der Waals surface area (Å²) in [5.74, 6) is -0.0902. The van der Waals surface area contributed by atoms with Gasteiger partial charge >= 0.3 is 0 Å². The van der Waals surface area contributed by atoms with Crippen molar-refractivity contribution in [3.63, 3.8) is 0 Å². The molecule has 4 nitrogen and oxygen atoms in total. The van der Waals surface area contributed by atoms with Crippen LogP contribution in [0.2, 0.25) is 0 Å². The van der Waals surface area contributed by atoms with Gasteiger partial charge in [0.25, 0.3) is 0 Å². The molecule has 1 aromatic rings. The van der Waals surface area contributed by atoms with Gasteiger partial charge < -0.3 is 15.5 Å². The Labute approximate surface area is 90.3 Å². The highest BCUT2D eigenvalue weighted by Gasteiger charge is 2.08. The number of nitrogens with two attached hydrogens (primary N) is 1. The Bertz CT molecular complexity index is 332. The van der Waals surface area contributed by atoms with Crippen molar-refractivity contribution in [1.82, 2.24) is 0 Å². The molecule has 0 aliphatic rings. The maximum absolute atomic E-state index is 11.3. The van der Waals surface area contributed by atoms with Crippen molar-refractivity contribution < 1.29 is 4.79 Å². The van der Waals surface area contributed by atoms with E-state index in [2.05, 4.69) is 0 Å². The van der Waals surface area contributed by atoms with Crippen LogP contribution >= 0.6 is 0 Å². The molecular weight excluding hydrogens is 190 g/mol. The first-order valence-electron chi connectivity index (χ1n) is 4.80. The molecule has 4 heteroatoms. The minimum absolute atomic E-state index is 0.0337. The average Bonchev–Trinajstić information content (AvgIpc) is 2.27. The quantitative estimate of drug-likeness (QED) is 0.792. The maximum atomic E-state index is 11.3. The molecule has 0 heterocycles.